The highest BCUT2D eigenvalue weighted by Crippen LogP contribution is 2.31. The maximum atomic E-state index is 12.8. The van der Waals surface area contributed by atoms with E-state index in [4.69, 9.17) is 5.11 Å². The molecule has 24 heavy (non-hydrogen) atoms. The molecule has 1 N–H and O–H groups in total. The number of piperazine rings is 1. The first-order valence-electron chi connectivity index (χ1n) is 8.09. The van der Waals surface area contributed by atoms with Gasteiger partial charge in [-0.2, -0.15) is 13.2 Å². The summed E-state index contributed by atoms with van der Waals surface area (Å²) in [5.41, 5.74) is -0.158. The third kappa shape index (κ3) is 4.95. The van der Waals surface area contributed by atoms with E-state index in [1.165, 1.54) is 6.07 Å². The van der Waals surface area contributed by atoms with Crippen LogP contribution in [0.15, 0.2) is 24.3 Å². The molecule has 1 fully saturated rings. The maximum Gasteiger partial charge on any atom is 0.416 e. The number of β-amino-alcohol motifs (C(OH)–C–C–N with tert-alkyl or cyclic N) is 1. The Labute approximate surface area is 139 Å². The second-order valence-corrected chi connectivity index (χ2v) is 6.17. The van der Waals surface area contributed by atoms with Crippen molar-refractivity contribution < 1.29 is 23.1 Å². The Morgan fingerprint density at radius 2 is 1.92 bits per heavy atom. The molecular formula is C17H23F3N2O2. The van der Waals surface area contributed by atoms with Crippen LogP contribution >= 0.6 is 0 Å². The van der Waals surface area contributed by atoms with Crippen molar-refractivity contribution in [3.05, 3.63) is 35.4 Å². The highest BCUT2D eigenvalue weighted by atomic mass is 19.4. The Morgan fingerprint density at radius 3 is 2.50 bits per heavy atom. The number of nitrogens with zero attached hydrogens (tertiary/aromatic N) is 2. The predicted octanol–water partition coefficient (Wildman–Crippen LogP) is 2.34. The van der Waals surface area contributed by atoms with Crippen LogP contribution in [0.4, 0.5) is 13.2 Å². The number of carbonyl (C=O) groups excluding carboxylic acids is 1. The van der Waals surface area contributed by atoms with Crippen LogP contribution in [0.2, 0.25) is 0 Å². The minimum absolute atomic E-state index is 0.0384. The van der Waals surface area contributed by atoms with Crippen molar-refractivity contribution in [3.63, 3.8) is 0 Å². The minimum Gasteiger partial charge on any atom is -0.395 e. The number of carbonyl (C=O) groups is 1. The van der Waals surface area contributed by atoms with Crippen LogP contribution in [-0.4, -0.2) is 60.1 Å². The van der Waals surface area contributed by atoms with Gasteiger partial charge in [0.15, 0.2) is 0 Å². The highest BCUT2D eigenvalue weighted by molar-refractivity contribution is 5.77. The molecule has 4 nitrogen and oxygen atoms in total. The van der Waals surface area contributed by atoms with E-state index in [-0.39, 0.29) is 24.9 Å². The average molecular weight is 344 g/mol. The van der Waals surface area contributed by atoms with Crippen molar-refractivity contribution in [1.29, 1.82) is 0 Å². The number of aliphatic hydroxyl groups is 1. The number of hydrogen-bond donors (Lipinski definition) is 1. The topological polar surface area (TPSA) is 43.8 Å². The van der Waals surface area contributed by atoms with Gasteiger partial charge in [0.2, 0.25) is 5.91 Å². The largest absolute Gasteiger partial charge is 0.416 e. The van der Waals surface area contributed by atoms with Crippen LogP contribution in [0.1, 0.15) is 30.4 Å². The molecule has 7 heteroatoms. The SMILES string of the molecule is CC(CC(=O)N1CCN(CCO)CC1)c1cccc(C(F)(F)F)c1. The Morgan fingerprint density at radius 1 is 1.25 bits per heavy atom. The molecule has 2 rings (SSSR count). The second-order valence-electron chi connectivity index (χ2n) is 6.17. The van der Waals surface area contributed by atoms with Crippen LogP contribution in [-0.2, 0) is 11.0 Å². The Bertz CT molecular complexity index is 555. The first kappa shape index (κ1) is 18.7. The summed E-state index contributed by atoms with van der Waals surface area (Å²) < 4.78 is 38.4. The second kappa shape index (κ2) is 7.98. The number of aliphatic hydroxyl groups excluding tert-OH is 1. The van der Waals surface area contributed by atoms with Crippen molar-refractivity contribution >= 4 is 5.91 Å². The van der Waals surface area contributed by atoms with E-state index < -0.39 is 11.7 Å². The molecule has 0 aromatic heterocycles. The van der Waals surface area contributed by atoms with Crippen LogP contribution in [0.3, 0.4) is 0 Å². The minimum atomic E-state index is -4.37. The number of amides is 1. The lowest BCUT2D eigenvalue weighted by molar-refractivity contribution is -0.137. The molecule has 1 heterocycles. The molecule has 0 saturated carbocycles. The fourth-order valence-corrected chi connectivity index (χ4v) is 2.89. The smallest absolute Gasteiger partial charge is 0.395 e. The molecule has 0 radical (unpaired) electrons. The summed E-state index contributed by atoms with van der Waals surface area (Å²) in [7, 11) is 0. The van der Waals surface area contributed by atoms with Crippen LogP contribution < -0.4 is 0 Å². The van der Waals surface area contributed by atoms with Crippen molar-refractivity contribution in [3.8, 4) is 0 Å². The standard InChI is InChI=1S/C17H23F3N2O2/c1-13(14-3-2-4-15(12-14)17(18,19)20)11-16(24)22-7-5-21(6-8-22)9-10-23/h2-4,12-13,23H,5-11H2,1H3. The van der Waals surface area contributed by atoms with Gasteiger partial charge in [-0.3, -0.25) is 9.69 Å². The van der Waals surface area contributed by atoms with Gasteiger partial charge in [-0.05, 0) is 17.5 Å². The van der Waals surface area contributed by atoms with Gasteiger partial charge >= 0.3 is 6.18 Å². The van der Waals surface area contributed by atoms with E-state index in [0.717, 1.165) is 12.1 Å². The van der Waals surface area contributed by atoms with Crippen LogP contribution in [0, 0.1) is 0 Å². The lowest BCUT2D eigenvalue weighted by Crippen LogP contribution is -2.49. The zero-order chi connectivity index (χ0) is 17.7. The lowest BCUT2D eigenvalue weighted by Gasteiger charge is -2.34. The maximum absolute atomic E-state index is 12.8. The quantitative estimate of drug-likeness (QED) is 0.892. The monoisotopic (exact) mass is 344 g/mol. The van der Waals surface area contributed by atoms with Gasteiger partial charge in [0.05, 0.1) is 12.2 Å². The molecule has 134 valence electrons. The third-order valence-electron chi connectivity index (χ3n) is 4.41. The normalized spacial score (nSPS) is 17.8. The number of rotatable bonds is 5. The van der Waals surface area contributed by atoms with Gasteiger partial charge < -0.3 is 10.0 Å². The molecule has 1 aliphatic heterocycles. The lowest BCUT2D eigenvalue weighted by atomic mass is 9.95. The Hall–Kier alpha value is -1.60. The molecular weight excluding hydrogens is 321 g/mol. The van der Waals surface area contributed by atoms with Gasteiger partial charge in [0, 0.05) is 39.1 Å². The summed E-state index contributed by atoms with van der Waals surface area (Å²) in [6, 6.07) is 5.18. The zero-order valence-corrected chi connectivity index (χ0v) is 13.7. The fraction of sp³-hybridized carbons (Fsp3) is 0.588. The van der Waals surface area contributed by atoms with E-state index in [2.05, 4.69) is 4.90 Å². The predicted molar refractivity (Wildman–Crippen MR) is 84.6 cm³/mol. The van der Waals surface area contributed by atoms with Crippen LogP contribution in [0.25, 0.3) is 0 Å². The number of benzene rings is 1. The molecule has 1 atom stereocenters. The average Bonchev–Trinajstić information content (AvgIpc) is 2.55. The molecule has 1 unspecified atom stereocenters. The highest BCUT2D eigenvalue weighted by Gasteiger charge is 2.31. The van der Waals surface area contributed by atoms with Crippen molar-refractivity contribution in [2.75, 3.05) is 39.3 Å². The number of halogens is 3. The summed E-state index contributed by atoms with van der Waals surface area (Å²) in [4.78, 5) is 16.2. The van der Waals surface area contributed by atoms with E-state index in [0.29, 0.717) is 38.3 Å². The molecule has 1 aromatic rings. The molecule has 1 amide bonds. The Kier molecular flexibility index (Phi) is 6.23. The molecule has 1 aliphatic rings. The summed E-state index contributed by atoms with van der Waals surface area (Å²) in [5.74, 6) is -0.307. The van der Waals surface area contributed by atoms with Gasteiger partial charge in [0.1, 0.15) is 0 Å². The van der Waals surface area contributed by atoms with Gasteiger partial charge in [-0.25, -0.2) is 0 Å². The molecule has 0 bridgehead atoms. The van der Waals surface area contributed by atoms with Gasteiger partial charge in [-0.1, -0.05) is 25.1 Å². The van der Waals surface area contributed by atoms with Gasteiger partial charge in [0.25, 0.3) is 0 Å². The summed E-state index contributed by atoms with van der Waals surface area (Å²) >= 11 is 0. The van der Waals surface area contributed by atoms with Crippen molar-refractivity contribution in [2.24, 2.45) is 0 Å². The zero-order valence-electron chi connectivity index (χ0n) is 13.7. The summed E-state index contributed by atoms with van der Waals surface area (Å²) in [6.07, 6.45) is -4.18. The van der Waals surface area contributed by atoms with Crippen LogP contribution in [0.5, 0.6) is 0 Å². The van der Waals surface area contributed by atoms with Crippen molar-refractivity contribution in [1.82, 2.24) is 9.80 Å². The Balaban J connectivity index is 1.93. The summed E-state index contributed by atoms with van der Waals surface area (Å²) in [5, 5.41) is 8.92. The van der Waals surface area contributed by atoms with E-state index in [9.17, 15) is 18.0 Å². The number of hydrogen-bond acceptors (Lipinski definition) is 3. The molecule has 1 aromatic carbocycles. The molecule has 1 saturated heterocycles. The van der Waals surface area contributed by atoms with E-state index in [1.807, 2.05) is 0 Å². The molecule has 0 spiro atoms. The van der Waals surface area contributed by atoms with E-state index in [1.54, 1.807) is 17.9 Å². The third-order valence-corrected chi connectivity index (χ3v) is 4.41. The van der Waals surface area contributed by atoms with Crippen molar-refractivity contribution in [2.45, 2.75) is 25.4 Å². The summed E-state index contributed by atoms with van der Waals surface area (Å²) in [6.45, 7) is 5.08. The first-order valence-corrected chi connectivity index (χ1v) is 8.09. The first-order chi connectivity index (χ1) is 11.3. The van der Waals surface area contributed by atoms with E-state index >= 15 is 0 Å². The number of alkyl halides is 3. The van der Waals surface area contributed by atoms with Gasteiger partial charge in [-0.15, -0.1) is 0 Å². The fourth-order valence-electron chi connectivity index (χ4n) is 2.89. The molecule has 0 aliphatic carbocycles.